The van der Waals surface area contributed by atoms with Crippen molar-refractivity contribution in [3.63, 3.8) is 0 Å². The fourth-order valence-corrected chi connectivity index (χ4v) is 0. The van der Waals surface area contributed by atoms with E-state index in [9.17, 15) is 8.78 Å². The number of alkyl halides is 4. The van der Waals surface area contributed by atoms with Crippen molar-refractivity contribution in [2.24, 2.45) is 0 Å². The summed E-state index contributed by atoms with van der Waals surface area (Å²) < 4.78 is 21.4. The van der Waals surface area contributed by atoms with Crippen molar-refractivity contribution in [3.8, 4) is 0 Å². The van der Waals surface area contributed by atoms with Crippen LogP contribution in [0.3, 0.4) is 0 Å². The van der Waals surface area contributed by atoms with Crippen LogP contribution in [0.4, 0.5) is 8.78 Å². The van der Waals surface area contributed by atoms with Gasteiger partial charge in [-0.15, -0.1) is 11.6 Å². The molecule has 0 spiro atoms. The van der Waals surface area contributed by atoms with E-state index >= 15 is 0 Å². The molecule has 0 fully saturated rings. The highest BCUT2D eigenvalue weighted by molar-refractivity contribution is 6.19. The van der Waals surface area contributed by atoms with E-state index in [0.717, 1.165) is 0 Å². The summed E-state index contributed by atoms with van der Waals surface area (Å²) in [6, 6.07) is 0. The molecular weight excluding hydrogens is 157 g/mol. The van der Waals surface area contributed by atoms with Gasteiger partial charge < -0.3 is 0 Å². The van der Waals surface area contributed by atoms with Gasteiger partial charge in [0.25, 0.3) is 0 Å². The Morgan fingerprint density at radius 1 is 1.62 bits per heavy atom. The van der Waals surface area contributed by atoms with Crippen molar-refractivity contribution in [2.45, 2.75) is 12.6 Å². The van der Waals surface area contributed by atoms with E-state index in [4.69, 9.17) is 11.6 Å². The molecule has 0 saturated carbocycles. The molecule has 0 aromatic carbocycles. The fraction of sp³-hybridized carbons (Fsp3) is 1.00. The molecule has 0 aliphatic rings. The fourth-order valence-electron chi connectivity index (χ4n) is 0. The zero-order valence-corrected chi connectivity index (χ0v) is 6.02. The van der Waals surface area contributed by atoms with Gasteiger partial charge in [0.1, 0.15) is 6.67 Å². The molecule has 0 heterocycles. The third-order valence-electron chi connectivity index (χ3n) is 0.0714. The smallest absolute Gasteiger partial charge is 0.170 e. The SMILES string of the molecule is CC(F)Cl.FCCCl. The van der Waals surface area contributed by atoms with Crippen molar-refractivity contribution < 1.29 is 8.78 Å². The Hall–Kier alpha value is 0.440. The van der Waals surface area contributed by atoms with E-state index in [-0.39, 0.29) is 5.88 Å². The third-order valence-corrected chi connectivity index (χ3v) is 0.214. The van der Waals surface area contributed by atoms with Gasteiger partial charge >= 0.3 is 0 Å². The lowest BCUT2D eigenvalue weighted by atomic mass is 10.9. The van der Waals surface area contributed by atoms with E-state index in [2.05, 4.69) is 11.6 Å². The Balaban J connectivity index is 0. The topological polar surface area (TPSA) is 0 Å². The van der Waals surface area contributed by atoms with Gasteiger partial charge in [-0.05, 0) is 6.92 Å². The second kappa shape index (κ2) is 10.4. The lowest BCUT2D eigenvalue weighted by Crippen LogP contribution is -1.66. The molecule has 0 nitrogen and oxygen atoms in total. The summed E-state index contributed by atoms with van der Waals surface area (Å²) in [5.74, 6) is 0.125. The molecule has 0 N–H and O–H groups in total. The second-order valence-electron chi connectivity index (χ2n) is 0.897. The van der Waals surface area contributed by atoms with Gasteiger partial charge in [0.15, 0.2) is 5.63 Å². The lowest BCUT2D eigenvalue weighted by Gasteiger charge is -1.71. The van der Waals surface area contributed by atoms with Gasteiger partial charge in [-0.25, -0.2) is 8.78 Å². The van der Waals surface area contributed by atoms with E-state index in [1.54, 1.807) is 0 Å². The molecular formula is C4H8Cl2F2. The minimum atomic E-state index is -1.19. The molecule has 0 aromatic heterocycles. The molecule has 4 heteroatoms. The predicted molar refractivity (Wildman–Crippen MR) is 33.1 cm³/mol. The highest BCUT2D eigenvalue weighted by atomic mass is 35.5. The van der Waals surface area contributed by atoms with Gasteiger partial charge in [0, 0.05) is 0 Å². The first-order chi connectivity index (χ1) is 3.65. The normalized spacial score (nSPS) is 11.6. The van der Waals surface area contributed by atoms with Gasteiger partial charge in [-0.3, -0.25) is 0 Å². The summed E-state index contributed by atoms with van der Waals surface area (Å²) in [6.45, 7) is 0.850. The van der Waals surface area contributed by atoms with Crippen molar-refractivity contribution in [3.05, 3.63) is 0 Å². The van der Waals surface area contributed by atoms with Crippen molar-refractivity contribution >= 4 is 23.2 Å². The summed E-state index contributed by atoms with van der Waals surface area (Å²) >= 11 is 9.42. The van der Waals surface area contributed by atoms with Crippen molar-refractivity contribution in [1.82, 2.24) is 0 Å². The monoisotopic (exact) mass is 164 g/mol. The number of hydrogen-bond donors (Lipinski definition) is 0. The average molecular weight is 165 g/mol. The van der Waals surface area contributed by atoms with Crippen LogP contribution in [-0.4, -0.2) is 18.2 Å². The minimum Gasteiger partial charge on any atom is -0.250 e. The highest BCUT2D eigenvalue weighted by Gasteiger charge is 1.77. The third kappa shape index (κ3) is 91.9. The molecule has 0 saturated heterocycles. The summed E-state index contributed by atoms with van der Waals surface area (Å²) in [7, 11) is 0. The van der Waals surface area contributed by atoms with Crippen LogP contribution in [-0.2, 0) is 0 Å². The van der Waals surface area contributed by atoms with Crippen LogP contribution in [0.15, 0.2) is 0 Å². The molecule has 0 aromatic rings. The van der Waals surface area contributed by atoms with Gasteiger partial charge in [0.2, 0.25) is 0 Å². The van der Waals surface area contributed by atoms with E-state index < -0.39 is 12.3 Å². The van der Waals surface area contributed by atoms with Crippen LogP contribution in [0.2, 0.25) is 0 Å². The average Bonchev–Trinajstić information content (AvgIpc) is 1.65. The quantitative estimate of drug-likeness (QED) is 0.524. The summed E-state index contributed by atoms with van der Waals surface area (Å²) in [5.41, 5.74) is -1.19. The predicted octanol–water partition coefficient (Wildman–Crippen LogP) is 2.74. The Morgan fingerprint density at radius 3 is 1.75 bits per heavy atom. The van der Waals surface area contributed by atoms with Gasteiger partial charge in [-0.2, -0.15) is 0 Å². The van der Waals surface area contributed by atoms with Crippen LogP contribution in [0.5, 0.6) is 0 Å². The Labute approximate surface area is 57.8 Å². The highest BCUT2D eigenvalue weighted by Crippen LogP contribution is 1.89. The number of rotatable bonds is 1. The maximum Gasteiger partial charge on any atom is 0.170 e. The Morgan fingerprint density at radius 2 is 1.75 bits per heavy atom. The minimum absolute atomic E-state index is 0.125. The largest absolute Gasteiger partial charge is 0.250 e. The molecule has 0 amide bonds. The molecule has 0 rings (SSSR count). The number of halogens is 4. The maximum atomic E-state index is 10.8. The summed E-state index contributed by atoms with van der Waals surface area (Å²) in [4.78, 5) is 0. The van der Waals surface area contributed by atoms with E-state index in [1.165, 1.54) is 6.92 Å². The number of hydrogen-bond acceptors (Lipinski definition) is 0. The van der Waals surface area contributed by atoms with Crippen LogP contribution in [0, 0.1) is 0 Å². The standard InChI is InChI=1S/2C2H4ClF/c1-2(3)4;3-1-2-4/h2H,1H3;1-2H2. The summed E-state index contributed by atoms with van der Waals surface area (Å²) in [5, 5.41) is 0. The van der Waals surface area contributed by atoms with Crippen molar-refractivity contribution in [1.29, 1.82) is 0 Å². The first kappa shape index (κ1) is 11.3. The van der Waals surface area contributed by atoms with E-state index in [1.807, 2.05) is 0 Å². The first-order valence-electron chi connectivity index (χ1n) is 2.05. The second-order valence-corrected chi connectivity index (χ2v) is 1.88. The van der Waals surface area contributed by atoms with Crippen LogP contribution >= 0.6 is 23.2 Å². The van der Waals surface area contributed by atoms with Gasteiger partial charge in [0.05, 0.1) is 5.88 Å². The Kier molecular flexibility index (Phi) is 14.7. The molecule has 1 unspecified atom stereocenters. The van der Waals surface area contributed by atoms with Crippen LogP contribution in [0.25, 0.3) is 0 Å². The maximum absolute atomic E-state index is 10.8. The molecule has 8 heavy (non-hydrogen) atoms. The molecule has 0 bridgehead atoms. The van der Waals surface area contributed by atoms with Gasteiger partial charge in [-0.1, -0.05) is 11.6 Å². The van der Waals surface area contributed by atoms with Crippen LogP contribution in [0.1, 0.15) is 6.92 Å². The van der Waals surface area contributed by atoms with Crippen molar-refractivity contribution in [2.75, 3.05) is 12.6 Å². The molecule has 52 valence electrons. The molecule has 1 atom stereocenters. The molecule has 0 radical (unpaired) electrons. The zero-order valence-electron chi connectivity index (χ0n) is 4.50. The first-order valence-corrected chi connectivity index (χ1v) is 3.02. The lowest BCUT2D eigenvalue weighted by molar-refractivity contribution is 0.475. The van der Waals surface area contributed by atoms with E-state index in [0.29, 0.717) is 0 Å². The summed E-state index contributed by atoms with van der Waals surface area (Å²) in [6.07, 6.45) is 0. The molecule has 0 aliphatic carbocycles. The zero-order chi connectivity index (χ0) is 6.99. The Bertz CT molecular complexity index is 28.5. The van der Waals surface area contributed by atoms with Crippen LogP contribution < -0.4 is 0 Å². The molecule has 0 aliphatic heterocycles.